The number of nitrogens with zero attached hydrogens (tertiary/aromatic N) is 1. The highest BCUT2D eigenvalue weighted by Crippen LogP contribution is 2.13. The number of likely N-dealkylation sites (tertiary alicyclic amines) is 1. The van der Waals surface area contributed by atoms with Crippen LogP contribution in [0.3, 0.4) is 0 Å². The van der Waals surface area contributed by atoms with E-state index in [1.807, 2.05) is 11.9 Å². The van der Waals surface area contributed by atoms with Gasteiger partial charge in [-0.15, -0.1) is 0 Å². The zero-order chi connectivity index (χ0) is 10.7. The van der Waals surface area contributed by atoms with Crippen molar-refractivity contribution in [3.05, 3.63) is 0 Å². The van der Waals surface area contributed by atoms with E-state index in [2.05, 4.69) is 5.32 Å². The molecule has 1 unspecified atom stereocenters. The van der Waals surface area contributed by atoms with E-state index in [-0.39, 0.29) is 5.91 Å². The van der Waals surface area contributed by atoms with Crippen molar-refractivity contribution in [2.75, 3.05) is 26.8 Å². The average Bonchev–Trinajstić information content (AvgIpc) is 2.25. The summed E-state index contributed by atoms with van der Waals surface area (Å²) in [6.45, 7) is 2.61. The van der Waals surface area contributed by atoms with Gasteiger partial charge in [0.2, 0.25) is 5.91 Å². The Balaban J connectivity index is 1.76. The maximum Gasteiger partial charge on any atom is 0.222 e. The summed E-state index contributed by atoms with van der Waals surface area (Å²) in [6, 6.07) is 1.07. The van der Waals surface area contributed by atoms with Crippen LogP contribution in [0.4, 0.5) is 0 Å². The smallest absolute Gasteiger partial charge is 0.222 e. The van der Waals surface area contributed by atoms with E-state index in [9.17, 15) is 4.79 Å². The second kappa shape index (κ2) is 4.94. The second-order valence-corrected chi connectivity index (χ2v) is 4.56. The first-order chi connectivity index (χ1) is 7.25. The average molecular weight is 212 g/mol. The molecule has 15 heavy (non-hydrogen) atoms. The third-order valence-corrected chi connectivity index (χ3v) is 3.32. The molecule has 4 heteroatoms. The fraction of sp³-hybridized carbons (Fsp3) is 0.909. The van der Waals surface area contributed by atoms with Crippen LogP contribution in [0.1, 0.15) is 25.7 Å². The Morgan fingerprint density at radius 1 is 1.27 bits per heavy atom. The van der Waals surface area contributed by atoms with Gasteiger partial charge < -0.3 is 15.0 Å². The zero-order valence-electron chi connectivity index (χ0n) is 9.37. The molecule has 2 fully saturated rings. The van der Waals surface area contributed by atoms with E-state index in [4.69, 9.17) is 4.74 Å². The lowest BCUT2D eigenvalue weighted by molar-refractivity contribution is -0.132. The summed E-state index contributed by atoms with van der Waals surface area (Å²) in [5.41, 5.74) is 0. The van der Waals surface area contributed by atoms with Crippen LogP contribution >= 0.6 is 0 Å². The van der Waals surface area contributed by atoms with Gasteiger partial charge in [-0.05, 0) is 19.3 Å². The normalized spacial score (nSPS) is 29.5. The molecule has 0 spiro atoms. The van der Waals surface area contributed by atoms with E-state index in [1.54, 1.807) is 0 Å². The summed E-state index contributed by atoms with van der Waals surface area (Å²) in [4.78, 5) is 13.1. The quantitative estimate of drug-likeness (QED) is 0.719. The first-order valence-electron chi connectivity index (χ1n) is 5.83. The van der Waals surface area contributed by atoms with Gasteiger partial charge in [-0.1, -0.05) is 0 Å². The van der Waals surface area contributed by atoms with Crippen LogP contribution in [-0.4, -0.2) is 49.7 Å². The summed E-state index contributed by atoms with van der Waals surface area (Å²) in [7, 11) is 1.89. The van der Waals surface area contributed by atoms with Crippen LogP contribution < -0.4 is 5.32 Å². The summed E-state index contributed by atoms with van der Waals surface area (Å²) in [6.07, 6.45) is 3.89. The summed E-state index contributed by atoms with van der Waals surface area (Å²) in [5.74, 6) is 0.278. The maximum atomic E-state index is 11.3. The molecule has 0 saturated carbocycles. The molecule has 2 rings (SSSR count). The van der Waals surface area contributed by atoms with Gasteiger partial charge in [0.05, 0.1) is 0 Å². The van der Waals surface area contributed by atoms with Gasteiger partial charge in [-0.2, -0.15) is 0 Å². The molecule has 0 bridgehead atoms. The SMILES string of the molecule is CN1CC(NC2CCOCC2)CCC1=O. The van der Waals surface area contributed by atoms with Crippen LogP contribution in [0, 0.1) is 0 Å². The van der Waals surface area contributed by atoms with E-state index in [1.165, 1.54) is 0 Å². The van der Waals surface area contributed by atoms with Gasteiger partial charge in [0.1, 0.15) is 0 Å². The molecule has 2 aliphatic heterocycles. The predicted molar refractivity (Wildman–Crippen MR) is 57.6 cm³/mol. The van der Waals surface area contributed by atoms with E-state index >= 15 is 0 Å². The Bertz CT molecular complexity index is 227. The molecule has 2 heterocycles. The Kier molecular flexibility index (Phi) is 3.59. The minimum Gasteiger partial charge on any atom is -0.381 e. The number of carbonyl (C=O) groups excluding carboxylic acids is 1. The number of hydrogen-bond acceptors (Lipinski definition) is 3. The van der Waals surface area contributed by atoms with Crippen LogP contribution in [0.5, 0.6) is 0 Å². The van der Waals surface area contributed by atoms with Gasteiger partial charge in [0.15, 0.2) is 0 Å². The van der Waals surface area contributed by atoms with Crippen molar-refractivity contribution >= 4 is 5.91 Å². The fourth-order valence-corrected chi connectivity index (χ4v) is 2.35. The summed E-state index contributed by atoms with van der Waals surface area (Å²) in [5, 5.41) is 3.63. The van der Waals surface area contributed by atoms with Crippen LogP contribution in [0.25, 0.3) is 0 Å². The number of amides is 1. The first kappa shape index (κ1) is 10.9. The number of rotatable bonds is 2. The Morgan fingerprint density at radius 3 is 2.67 bits per heavy atom. The van der Waals surface area contributed by atoms with E-state index in [0.29, 0.717) is 18.5 Å². The number of piperidine rings is 1. The number of ether oxygens (including phenoxy) is 1. The van der Waals surface area contributed by atoms with Crippen molar-refractivity contribution in [1.29, 1.82) is 0 Å². The van der Waals surface area contributed by atoms with Gasteiger partial charge in [0, 0.05) is 45.3 Å². The topological polar surface area (TPSA) is 41.6 Å². The molecular formula is C11H20N2O2. The Hall–Kier alpha value is -0.610. The van der Waals surface area contributed by atoms with Crippen molar-refractivity contribution in [3.8, 4) is 0 Å². The molecule has 0 aromatic rings. The third-order valence-electron chi connectivity index (χ3n) is 3.32. The monoisotopic (exact) mass is 212 g/mol. The lowest BCUT2D eigenvalue weighted by Gasteiger charge is -2.34. The molecule has 2 saturated heterocycles. The molecule has 1 N–H and O–H groups in total. The van der Waals surface area contributed by atoms with E-state index in [0.717, 1.165) is 39.0 Å². The predicted octanol–water partition coefficient (Wildman–Crippen LogP) is 0.376. The maximum absolute atomic E-state index is 11.3. The van der Waals surface area contributed by atoms with E-state index < -0.39 is 0 Å². The standard InChI is InChI=1S/C11H20N2O2/c1-13-8-10(2-3-11(13)14)12-9-4-6-15-7-5-9/h9-10,12H,2-8H2,1H3. The van der Waals surface area contributed by atoms with Crippen LogP contribution in [0.15, 0.2) is 0 Å². The Morgan fingerprint density at radius 2 is 2.00 bits per heavy atom. The van der Waals surface area contributed by atoms with Crippen LogP contribution in [-0.2, 0) is 9.53 Å². The van der Waals surface area contributed by atoms with Crippen molar-refractivity contribution < 1.29 is 9.53 Å². The Labute approximate surface area is 91.0 Å². The van der Waals surface area contributed by atoms with Gasteiger partial charge >= 0.3 is 0 Å². The molecule has 0 radical (unpaired) electrons. The molecule has 1 amide bonds. The lowest BCUT2D eigenvalue weighted by Crippen LogP contribution is -2.50. The molecule has 86 valence electrons. The van der Waals surface area contributed by atoms with Crippen molar-refractivity contribution in [1.82, 2.24) is 10.2 Å². The highest BCUT2D eigenvalue weighted by atomic mass is 16.5. The van der Waals surface area contributed by atoms with Crippen LogP contribution in [0.2, 0.25) is 0 Å². The molecule has 0 aromatic carbocycles. The van der Waals surface area contributed by atoms with Crippen molar-refractivity contribution in [3.63, 3.8) is 0 Å². The summed E-state index contributed by atoms with van der Waals surface area (Å²) < 4.78 is 5.32. The third kappa shape index (κ3) is 2.92. The number of hydrogen-bond donors (Lipinski definition) is 1. The second-order valence-electron chi connectivity index (χ2n) is 4.56. The molecule has 0 aromatic heterocycles. The minimum absolute atomic E-state index is 0.278. The van der Waals surface area contributed by atoms with Gasteiger partial charge in [-0.3, -0.25) is 4.79 Å². The highest BCUT2D eigenvalue weighted by Gasteiger charge is 2.25. The molecule has 2 aliphatic rings. The zero-order valence-corrected chi connectivity index (χ0v) is 9.37. The lowest BCUT2D eigenvalue weighted by atomic mass is 10.0. The molecule has 4 nitrogen and oxygen atoms in total. The molecular weight excluding hydrogens is 192 g/mol. The van der Waals surface area contributed by atoms with Gasteiger partial charge in [0.25, 0.3) is 0 Å². The largest absolute Gasteiger partial charge is 0.381 e. The molecule has 0 aliphatic carbocycles. The number of nitrogens with one attached hydrogen (secondary N) is 1. The molecule has 1 atom stereocenters. The summed E-state index contributed by atoms with van der Waals surface area (Å²) >= 11 is 0. The number of carbonyl (C=O) groups is 1. The highest BCUT2D eigenvalue weighted by molar-refractivity contribution is 5.76. The fourth-order valence-electron chi connectivity index (χ4n) is 2.35. The number of likely N-dealkylation sites (N-methyl/N-ethyl adjacent to an activating group) is 1. The van der Waals surface area contributed by atoms with Crippen molar-refractivity contribution in [2.45, 2.75) is 37.8 Å². The minimum atomic E-state index is 0.278. The van der Waals surface area contributed by atoms with Crippen molar-refractivity contribution in [2.24, 2.45) is 0 Å². The first-order valence-corrected chi connectivity index (χ1v) is 5.83. The van der Waals surface area contributed by atoms with Gasteiger partial charge in [-0.25, -0.2) is 0 Å².